The maximum atomic E-state index is 11.3. The molecule has 0 aliphatic rings. The smallest absolute Gasteiger partial charge is 0.285 e. The minimum Gasteiger partial charge on any atom is -0.490 e. The van der Waals surface area contributed by atoms with Crippen molar-refractivity contribution < 1.29 is 9.47 Å². The number of ether oxygens (including phenoxy) is 2. The lowest BCUT2D eigenvalue weighted by Gasteiger charge is -2.13. The fourth-order valence-corrected chi connectivity index (χ4v) is 2.25. The van der Waals surface area contributed by atoms with Crippen LogP contribution in [0.2, 0.25) is 10.0 Å². The second-order valence-corrected chi connectivity index (χ2v) is 5.28. The fraction of sp³-hybridized carbons (Fsp3) is 0.267. The first-order chi connectivity index (χ1) is 11.6. The number of aromatic nitrogens is 2. The average molecular weight is 371 g/mol. The Morgan fingerprint density at radius 1 is 1.29 bits per heavy atom. The number of nitrogens with zero attached hydrogens (tertiary/aromatic N) is 2. The van der Waals surface area contributed by atoms with Crippen molar-refractivity contribution in [2.45, 2.75) is 13.8 Å². The third-order valence-corrected chi connectivity index (χ3v) is 3.47. The molecule has 0 unspecified atom stereocenters. The predicted octanol–water partition coefficient (Wildman–Crippen LogP) is 3.32. The number of aromatic amines is 1. The molecule has 0 atom stereocenters. The van der Waals surface area contributed by atoms with E-state index in [-0.39, 0.29) is 5.02 Å². The molecule has 0 bridgehead atoms. The van der Waals surface area contributed by atoms with Crippen LogP contribution in [0.1, 0.15) is 19.4 Å². The molecule has 0 radical (unpaired) electrons. The number of rotatable bonds is 7. The molecule has 128 valence electrons. The van der Waals surface area contributed by atoms with Gasteiger partial charge in [-0.05, 0) is 31.5 Å². The summed E-state index contributed by atoms with van der Waals surface area (Å²) in [6.07, 6.45) is 2.87. The van der Waals surface area contributed by atoms with Crippen LogP contribution < -0.4 is 20.5 Å². The van der Waals surface area contributed by atoms with Gasteiger partial charge in [-0.1, -0.05) is 23.2 Å². The van der Waals surface area contributed by atoms with Crippen LogP contribution >= 0.6 is 23.2 Å². The number of benzene rings is 1. The molecule has 0 amide bonds. The van der Waals surface area contributed by atoms with Crippen LogP contribution in [0.5, 0.6) is 11.5 Å². The van der Waals surface area contributed by atoms with Gasteiger partial charge in [0.25, 0.3) is 5.56 Å². The van der Waals surface area contributed by atoms with Crippen molar-refractivity contribution in [2.75, 3.05) is 18.6 Å². The number of halogens is 2. The molecule has 0 aliphatic heterocycles. The van der Waals surface area contributed by atoms with E-state index in [1.54, 1.807) is 12.1 Å². The van der Waals surface area contributed by atoms with Crippen molar-refractivity contribution in [3.8, 4) is 11.5 Å². The molecule has 0 fully saturated rings. The Morgan fingerprint density at radius 3 is 2.75 bits per heavy atom. The molecule has 1 heterocycles. The Balaban J connectivity index is 2.22. The summed E-state index contributed by atoms with van der Waals surface area (Å²) in [5, 5.41) is 10.3. The quantitative estimate of drug-likeness (QED) is 0.576. The number of anilines is 1. The highest BCUT2D eigenvalue weighted by Gasteiger charge is 2.11. The Labute approximate surface area is 148 Å². The molecule has 0 spiro atoms. The maximum Gasteiger partial charge on any atom is 0.285 e. The minimum absolute atomic E-state index is 0.0260. The number of hydrazone groups is 1. The van der Waals surface area contributed by atoms with Gasteiger partial charge in [-0.2, -0.15) is 10.2 Å². The van der Waals surface area contributed by atoms with E-state index < -0.39 is 5.56 Å². The van der Waals surface area contributed by atoms with Crippen LogP contribution in [-0.4, -0.2) is 29.6 Å². The number of nitrogens with one attached hydrogen (secondary N) is 2. The molecule has 0 saturated heterocycles. The van der Waals surface area contributed by atoms with Crippen molar-refractivity contribution in [2.24, 2.45) is 5.10 Å². The highest BCUT2D eigenvalue weighted by molar-refractivity contribution is 6.33. The number of hydrogen-bond donors (Lipinski definition) is 2. The summed E-state index contributed by atoms with van der Waals surface area (Å²) >= 11 is 12.1. The van der Waals surface area contributed by atoms with Gasteiger partial charge in [0.1, 0.15) is 10.7 Å². The molecule has 24 heavy (non-hydrogen) atoms. The highest BCUT2D eigenvalue weighted by Crippen LogP contribution is 2.36. The molecule has 1 aromatic carbocycles. The third kappa shape index (κ3) is 4.39. The largest absolute Gasteiger partial charge is 0.490 e. The van der Waals surface area contributed by atoms with E-state index >= 15 is 0 Å². The lowest BCUT2D eigenvalue weighted by atomic mass is 10.2. The van der Waals surface area contributed by atoms with Crippen LogP contribution in [0.4, 0.5) is 5.69 Å². The van der Waals surface area contributed by atoms with Gasteiger partial charge in [0.15, 0.2) is 11.5 Å². The zero-order valence-electron chi connectivity index (χ0n) is 13.1. The summed E-state index contributed by atoms with van der Waals surface area (Å²) in [7, 11) is 0. The van der Waals surface area contributed by atoms with E-state index in [1.807, 2.05) is 13.8 Å². The van der Waals surface area contributed by atoms with Gasteiger partial charge in [-0.15, -0.1) is 0 Å². The molecule has 9 heteroatoms. The molecule has 1 aromatic heterocycles. The van der Waals surface area contributed by atoms with Crippen LogP contribution in [0, 0.1) is 0 Å². The number of hydrogen-bond acceptors (Lipinski definition) is 6. The summed E-state index contributed by atoms with van der Waals surface area (Å²) < 4.78 is 11.0. The van der Waals surface area contributed by atoms with E-state index in [0.717, 1.165) is 0 Å². The first-order valence-corrected chi connectivity index (χ1v) is 7.93. The Kier molecular flexibility index (Phi) is 6.45. The topological polar surface area (TPSA) is 88.6 Å². The van der Waals surface area contributed by atoms with Crippen LogP contribution in [0.3, 0.4) is 0 Å². The van der Waals surface area contributed by atoms with Crippen LogP contribution in [-0.2, 0) is 0 Å². The van der Waals surface area contributed by atoms with Gasteiger partial charge in [0.05, 0.1) is 30.6 Å². The van der Waals surface area contributed by atoms with E-state index in [1.165, 1.54) is 12.4 Å². The monoisotopic (exact) mass is 370 g/mol. The van der Waals surface area contributed by atoms with Gasteiger partial charge in [0, 0.05) is 0 Å². The molecular formula is C15H16Cl2N4O3. The Hall–Kier alpha value is -2.25. The summed E-state index contributed by atoms with van der Waals surface area (Å²) in [6.45, 7) is 4.69. The molecule has 2 N–H and O–H groups in total. The van der Waals surface area contributed by atoms with Crippen molar-refractivity contribution in [1.82, 2.24) is 10.2 Å². The molecule has 2 rings (SSSR count). The van der Waals surface area contributed by atoms with Crippen LogP contribution in [0.25, 0.3) is 0 Å². The molecule has 0 aliphatic carbocycles. The second-order valence-electron chi connectivity index (χ2n) is 4.49. The van der Waals surface area contributed by atoms with Gasteiger partial charge in [-0.3, -0.25) is 10.2 Å². The lowest BCUT2D eigenvalue weighted by Crippen LogP contribution is -2.10. The molecule has 7 nitrogen and oxygen atoms in total. The van der Waals surface area contributed by atoms with Gasteiger partial charge in [0.2, 0.25) is 0 Å². The fourth-order valence-electron chi connectivity index (χ4n) is 1.85. The average Bonchev–Trinajstić information content (AvgIpc) is 2.55. The second kappa shape index (κ2) is 8.56. The van der Waals surface area contributed by atoms with Crippen molar-refractivity contribution in [1.29, 1.82) is 0 Å². The molecule has 0 saturated carbocycles. The van der Waals surface area contributed by atoms with Crippen molar-refractivity contribution in [3.63, 3.8) is 0 Å². The summed E-state index contributed by atoms with van der Waals surface area (Å²) in [6, 6.07) is 3.45. The SMILES string of the molecule is CCOc1cc(/C=N\Nc2cn[nH]c(=O)c2Cl)cc(Cl)c1OCC. The summed E-state index contributed by atoms with van der Waals surface area (Å²) in [4.78, 5) is 11.3. The first kappa shape index (κ1) is 18.1. The normalized spacial score (nSPS) is 10.8. The Morgan fingerprint density at radius 2 is 2.04 bits per heavy atom. The first-order valence-electron chi connectivity index (χ1n) is 7.18. The molecular weight excluding hydrogens is 355 g/mol. The van der Waals surface area contributed by atoms with Gasteiger partial charge in [-0.25, -0.2) is 5.10 Å². The Bertz CT molecular complexity index is 793. The van der Waals surface area contributed by atoms with Gasteiger partial charge < -0.3 is 9.47 Å². The highest BCUT2D eigenvalue weighted by atomic mass is 35.5. The summed E-state index contributed by atoms with van der Waals surface area (Å²) in [5.41, 5.74) is 3.13. The zero-order chi connectivity index (χ0) is 17.5. The summed E-state index contributed by atoms with van der Waals surface area (Å²) in [5.74, 6) is 1.03. The standard InChI is InChI=1S/C15H16Cl2N4O3/c1-3-23-12-6-9(5-10(16)14(12)24-4-2)7-18-20-11-8-19-21-15(22)13(11)17/h5-8H,3-4H2,1-2H3,(H2,20,21,22)/b18-7-. The zero-order valence-corrected chi connectivity index (χ0v) is 14.6. The number of H-pyrrole nitrogens is 1. The van der Waals surface area contributed by atoms with Crippen molar-refractivity contribution >= 4 is 35.1 Å². The minimum atomic E-state index is -0.500. The van der Waals surface area contributed by atoms with E-state index in [4.69, 9.17) is 32.7 Å². The molecule has 2 aromatic rings. The van der Waals surface area contributed by atoms with Crippen molar-refractivity contribution in [3.05, 3.63) is 44.3 Å². The van der Waals surface area contributed by atoms with E-state index in [2.05, 4.69) is 20.7 Å². The third-order valence-electron chi connectivity index (χ3n) is 2.81. The van der Waals surface area contributed by atoms with E-state index in [0.29, 0.717) is 41.0 Å². The van der Waals surface area contributed by atoms with Gasteiger partial charge >= 0.3 is 0 Å². The maximum absolute atomic E-state index is 11.3. The van der Waals surface area contributed by atoms with E-state index in [9.17, 15) is 4.79 Å². The predicted molar refractivity (Wildman–Crippen MR) is 94.9 cm³/mol. The lowest BCUT2D eigenvalue weighted by molar-refractivity contribution is 0.288. The van der Waals surface area contributed by atoms with Crippen LogP contribution in [0.15, 0.2) is 28.2 Å².